The van der Waals surface area contributed by atoms with Crippen molar-refractivity contribution in [2.75, 3.05) is 5.32 Å². The van der Waals surface area contributed by atoms with Crippen molar-refractivity contribution in [1.82, 2.24) is 19.7 Å². The van der Waals surface area contributed by atoms with Gasteiger partial charge in [0.15, 0.2) is 11.6 Å². The normalized spacial score (nSPS) is 18.7. The number of aromatic nitrogens is 4. The van der Waals surface area contributed by atoms with Gasteiger partial charge in [-0.3, -0.25) is 9.78 Å². The molecule has 0 radical (unpaired) electrons. The van der Waals surface area contributed by atoms with Crippen molar-refractivity contribution >= 4 is 23.3 Å². The number of benzene rings is 1. The molecule has 1 aliphatic heterocycles. The molecule has 1 unspecified atom stereocenters. The highest BCUT2D eigenvalue weighted by Crippen LogP contribution is 2.40. The van der Waals surface area contributed by atoms with Crippen LogP contribution in [0.5, 0.6) is 0 Å². The molecular formula is C20H16ClN5O. The molecule has 6 nitrogen and oxygen atoms in total. The Morgan fingerprint density at radius 1 is 1.15 bits per heavy atom. The molecule has 0 saturated heterocycles. The number of halogens is 1. The van der Waals surface area contributed by atoms with E-state index in [1.807, 2.05) is 36.4 Å². The average Bonchev–Trinajstić information content (AvgIpc) is 3.11. The second-order valence-corrected chi connectivity index (χ2v) is 7.13. The molecular weight excluding hydrogens is 362 g/mol. The number of hydrogen-bond donors (Lipinski definition) is 1. The summed E-state index contributed by atoms with van der Waals surface area (Å²) in [6.45, 7) is 0. The summed E-state index contributed by atoms with van der Waals surface area (Å²) in [4.78, 5) is 21.7. The van der Waals surface area contributed by atoms with E-state index in [1.54, 1.807) is 17.1 Å². The molecule has 3 heterocycles. The number of pyridine rings is 1. The number of ketones is 1. The van der Waals surface area contributed by atoms with Crippen LogP contribution in [0.3, 0.4) is 0 Å². The summed E-state index contributed by atoms with van der Waals surface area (Å²) < 4.78 is 1.79. The lowest BCUT2D eigenvalue weighted by Gasteiger charge is -2.31. The highest BCUT2D eigenvalue weighted by Gasteiger charge is 2.36. The van der Waals surface area contributed by atoms with Crippen LogP contribution in [0.1, 0.15) is 30.9 Å². The molecule has 1 atom stereocenters. The van der Waals surface area contributed by atoms with Crippen LogP contribution in [0.15, 0.2) is 60.1 Å². The Morgan fingerprint density at radius 2 is 2.00 bits per heavy atom. The third-order valence-electron chi connectivity index (χ3n) is 4.97. The molecule has 2 aliphatic rings. The lowest BCUT2D eigenvalue weighted by atomic mass is 9.86. The zero-order valence-electron chi connectivity index (χ0n) is 14.4. The van der Waals surface area contributed by atoms with Crippen LogP contribution in [0, 0.1) is 0 Å². The Bertz CT molecular complexity index is 1060. The van der Waals surface area contributed by atoms with Crippen LogP contribution in [0.2, 0.25) is 5.02 Å². The van der Waals surface area contributed by atoms with Crippen molar-refractivity contribution in [2.24, 2.45) is 0 Å². The van der Waals surface area contributed by atoms with Gasteiger partial charge in [0.25, 0.3) is 0 Å². The maximum absolute atomic E-state index is 12.7. The van der Waals surface area contributed by atoms with Crippen LogP contribution >= 0.6 is 11.6 Å². The Hall–Kier alpha value is -2.99. The molecule has 7 heteroatoms. The summed E-state index contributed by atoms with van der Waals surface area (Å²) in [5.74, 6) is 1.39. The van der Waals surface area contributed by atoms with E-state index in [1.165, 1.54) is 0 Å². The zero-order valence-corrected chi connectivity index (χ0v) is 15.1. The van der Waals surface area contributed by atoms with Crippen LogP contribution in [-0.2, 0) is 4.79 Å². The highest BCUT2D eigenvalue weighted by molar-refractivity contribution is 6.30. The van der Waals surface area contributed by atoms with Gasteiger partial charge in [0.1, 0.15) is 6.04 Å². The Morgan fingerprint density at radius 3 is 2.78 bits per heavy atom. The second kappa shape index (κ2) is 6.32. The fraction of sp³-hybridized carbons (Fsp3) is 0.200. The van der Waals surface area contributed by atoms with Gasteiger partial charge in [-0.2, -0.15) is 4.98 Å². The first kappa shape index (κ1) is 16.2. The van der Waals surface area contributed by atoms with E-state index in [-0.39, 0.29) is 11.8 Å². The van der Waals surface area contributed by atoms with E-state index < -0.39 is 0 Å². The maximum atomic E-state index is 12.7. The van der Waals surface area contributed by atoms with Crippen LogP contribution < -0.4 is 5.32 Å². The zero-order chi connectivity index (χ0) is 18.4. The van der Waals surface area contributed by atoms with Crippen molar-refractivity contribution in [2.45, 2.75) is 25.3 Å². The predicted octanol–water partition coefficient (Wildman–Crippen LogP) is 4.02. The fourth-order valence-corrected chi connectivity index (χ4v) is 3.85. The monoisotopic (exact) mass is 377 g/mol. The summed E-state index contributed by atoms with van der Waals surface area (Å²) in [7, 11) is 0. The minimum absolute atomic E-state index is 0.159. The number of rotatable bonds is 2. The van der Waals surface area contributed by atoms with E-state index in [0.29, 0.717) is 23.2 Å². The lowest BCUT2D eigenvalue weighted by molar-refractivity contribution is -0.116. The lowest BCUT2D eigenvalue weighted by Crippen LogP contribution is -2.31. The van der Waals surface area contributed by atoms with Gasteiger partial charge in [-0.15, -0.1) is 5.10 Å². The van der Waals surface area contributed by atoms with Crippen LogP contribution in [0.4, 0.5) is 5.95 Å². The number of Topliss-reactive ketones (excluding diaryl/α,β-unsaturated/α-hetero) is 1. The Balaban J connectivity index is 1.67. The van der Waals surface area contributed by atoms with Crippen molar-refractivity contribution in [3.05, 3.63) is 70.6 Å². The third kappa shape index (κ3) is 2.73. The number of anilines is 1. The van der Waals surface area contributed by atoms with E-state index in [9.17, 15) is 4.79 Å². The van der Waals surface area contributed by atoms with Crippen LogP contribution in [-0.4, -0.2) is 25.5 Å². The van der Waals surface area contributed by atoms with Gasteiger partial charge in [0.05, 0.1) is 0 Å². The first-order valence-electron chi connectivity index (χ1n) is 8.86. The van der Waals surface area contributed by atoms with Gasteiger partial charge in [-0.1, -0.05) is 17.7 Å². The highest BCUT2D eigenvalue weighted by atomic mass is 35.5. The number of fused-ring (bicyclic) bond motifs is 1. The van der Waals surface area contributed by atoms with Crippen molar-refractivity contribution in [3.8, 4) is 11.4 Å². The predicted molar refractivity (Wildman–Crippen MR) is 102 cm³/mol. The third-order valence-corrected chi connectivity index (χ3v) is 5.22. The summed E-state index contributed by atoms with van der Waals surface area (Å²) in [5.41, 5.74) is 3.52. The molecule has 2 aromatic heterocycles. The van der Waals surface area contributed by atoms with E-state index in [0.717, 1.165) is 35.2 Å². The number of carbonyl (C=O) groups is 1. The van der Waals surface area contributed by atoms with Gasteiger partial charge in [-0.25, -0.2) is 4.68 Å². The van der Waals surface area contributed by atoms with E-state index in [4.69, 9.17) is 16.7 Å². The summed E-state index contributed by atoms with van der Waals surface area (Å²) in [6, 6.07) is 10.9. The molecule has 1 aliphatic carbocycles. The summed E-state index contributed by atoms with van der Waals surface area (Å²) >= 11 is 5.99. The minimum atomic E-state index is -0.314. The van der Waals surface area contributed by atoms with Gasteiger partial charge in [-0.05, 0) is 48.7 Å². The number of nitrogens with zero attached hydrogens (tertiary/aromatic N) is 4. The van der Waals surface area contributed by atoms with E-state index >= 15 is 0 Å². The van der Waals surface area contributed by atoms with E-state index in [2.05, 4.69) is 15.3 Å². The molecule has 3 aromatic rings. The molecule has 0 saturated carbocycles. The molecule has 1 N–H and O–H groups in total. The summed E-state index contributed by atoms with van der Waals surface area (Å²) in [5, 5.41) is 8.72. The van der Waals surface area contributed by atoms with Crippen molar-refractivity contribution < 1.29 is 4.79 Å². The molecule has 0 fully saturated rings. The molecule has 0 spiro atoms. The molecule has 5 rings (SSSR count). The number of carbonyl (C=O) groups excluding carboxylic acids is 1. The molecule has 27 heavy (non-hydrogen) atoms. The second-order valence-electron chi connectivity index (χ2n) is 6.69. The molecule has 0 amide bonds. The summed E-state index contributed by atoms with van der Waals surface area (Å²) in [6.07, 6.45) is 5.76. The average molecular weight is 378 g/mol. The van der Waals surface area contributed by atoms with Crippen LogP contribution in [0.25, 0.3) is 11.4 Å². The molecule has 1 aromatic carbocycles. The first-order chi connectivity index (χ1) is 13.2. The maximum Gasteiger partial charge on any atom is 0.226 e. The van der Waals surface area contributed by atoms with Crippen molar-refractivity contribution in [1.29, 1.82) is 0 Å². The minimum Gasteiger partial charge on any atom is -0.328 e. The van der Waals surface area contributed by atoms with Gasteiger partial charge >= 0.3 is 0 Å². The number of hydrogen-bond acceptors (Lipinski definition) is 5. The SMILES string of the molecule is O=C1CCCC2=C1C(c1cccnc1)n1nc(-c3ccc(Cl)cc3)nc1N2. The Kier molecular flexibility index (Phi) is 3.79. The number of nitrogens with one attached hydrogen (secondary N) is 1. The standard InChI is InChI=1S/C20H16ClN5O/c21-14-8-6-12(7-9-14)19-24-20-23-15-4-1-5-16(27)17(15)18(26(20)25-19)13-3-2-10-22-11-13/h2-3,6-11,18H,1,4-5H2,(H,23,24,25). The molecule has 0 bridgehead atoms. The fourth-order valence-electron chi connectivity index (χ4n) is 3.72. The van der Waals surface area contributed by atoms with Crippen molar-refractivity contribution in [3.63, 3.8) is 0 Å². The topological polar surface area (TPSA) is 72.7 Å². The largest absolute Gasteiger partial charge is 0.328 e. The quantitative estimate of drug-likeness (QED) is 0.730. The smallest absolute Gasteiger partial charge is 0.226 e. The number of allylic oxidation sites excluding steroid dienone is 2. The van der Waals surface area contributed by atoms with Gasteiger partial charge in [0.2, 0.25) is 5.95 Å². The first-order valence-corrected chi connectivity index (χ1v) is 9.24. The Labute approximate surface area is 160 Å². The molecule has 134 valence electrons. The van der Waals surface area contributed by atoms with Gasteiger partial charge < -0.3 is 5.32 Å². The van der Waals surface area contributed by atoms with Gasteiger partial charge in [0, 0.05) is 40.7 Å².